The fraction of sp³-hybridized carbons (Fsp3) is 0.273. The third-order valence-corrected chi connectivity index (χ3v) is 5.86. The topological polar surface area (TPSA) is 28.5 Å². The SMILES string of the molecule is CCCC1=CC=CC2=NC(c3ccccn3)CC(Sc3ccccc3)N12. The maximum Gasteiger partial charge on any atom is 0.129 e. The highest BCUT2D eigenvalue weighted by Gasteiger charge is 2.34. The van der Waals surface area contributed by atoms with E-state index in [4.69, 9.17) is 4.99 Å². The van der Waals surface area contributed by atoms with Crippen LogP contribution in [0.25, 0.3) is 0 Å². The second-order valence-corrected chi connectivity index (χ2v) is 7.77. The lowest BCUT2D eigenvalue weighted by Gasteiger charge is -2.41. The lowest BCUT2D eigenvalue weighted by molar-refractivity contribution is 0.383. The van der Waals surface area contributed by atoms with Crippen molar-refractivity contribution >= 4 is 17.6 Å². The number of pyridine rings is 1. The molecule has 2 atom stereocenters. The molecule has 0 spiro atoms. The smallest absolute Gasteiger partial charge is 0.129 e. The van der Waals surface area contributed by atoms with Crippen molar-refractivity contribution in [3.05, 3.63) is 84.3 Å². The molecule has 0 bridgehead atoms. The average Bonchev–Trinajstić information content (AvgIpc) is 2.69. The Morgan fingerprint density at radius 2 is 1.96 bits per heavy atom. The van der Waals surface area contributed by atoms with E-state index >= 15 is 0 Å². The Morgan fingerprint density at radius 3 is 2.73 bits per heavy atom. The lowest BCUT2D eigenvalue weighted by atomic mass is 10.0. The third-order valence-electron chi connectivity index (χ3n) is 4.64. The van der Waals surface area contributed by atoms with Gasteiger partial charge in [0.05, 0.1) is 17.1 Å². The van der Waals surface area contributed by atoms with Gasteiger partial charge in [0.1, 0.15) is 5.84 Å². The van der Waals surface area contributed by atoms with Crippen molar-refractivity contribution in [2.75, 3.05) is 0 Å². The van der Waals surface area contributed by atoms with Gasteiger partial charge in [-0.2, -0.15) is 0 Å². The van der Waals surface area contributed by atoms with Gasteiger partial charge in [-0.1, -0.05) is 43.7 Å². The summed E-state index contributed by atoms with van der Waals surface area (Å²) in [7, 11) is 0. The predicted octanol–water partition coefficient (Wildman–Crippen LogP) is 5.60. The number of hydrogen-bond donors (Lipinski definition) is 0. The van der Waals surface area contributed by atoms with Crippen LogP contribution >= 0.6 is 11.8 Å². The Hall–Kier alpha value is -2.33. The van der Waals surface area contributed by atoms with Gasteiger partial charge in [0.15, 0.2) is 0 Å². The van der Waals surface area contributed by atoms with Crippen LogP contribution in [0.3, 0.4) is 0 Å². The maximum atomic E-state index is 5.04. The summed E-state index contributed by atoms with van der Waals surface area (Å²) in [5.74, 6) is 1.06. The number of benzene rings is 1. The Balaban J connectivity index is 1.69. The number of aliphatic imine (C=N–C) groups is 1. The van der Waals surface area contributed by atoms with E-state index in [-0.39, 0.29) is 6.04 Å². The van der Waals surface area contributed by atoms with Crippen LogP contribution in [0.2, 0.25) is 0 Å². The molecule has 26 heavy (non-hydrogen) atoms. The molecular weight excluding hydrogens is 338 g/mol. The molecule has 1 aromatic heterocycles. The van der Waals surface area contributed by atoms with Crippen molar-refractivity contribution < 1.29 is 0 Å². The van der Waals surface area contributed by atoms with E-state index in [1.54, 1.807) is 0 Å². The number of fused-ring (bicyclic) bond motifs is 1. The third kappa shape index (κ3) is 3.61. The van der Waals surface area contributed by atoms with Crippen LogP contribution in [0.4, 0.5) is 0 Å². The standard InChI is InChI=1S/C22H23N3S/c1-2-9-17-10-8-14-21-24-20(19-13-6-7-15-23-19)16-22(25(17)21)26-18-11-4-3-5-12-18/h3-8,10-15,20,22H,2,9,16H2,1H3. The molecule has 4 rings (SSSR count). The van der Waals surface area contributed by atoms with Crippen LogP contribution in [0.1, 0.15) is 37.9 Å². The highest BCUT2D eigenvalue weighted by atomic mass is 32.2. The van der Waals surface area contributed by atoms with Crippen molar-refractivity contribution in [2.24, 2.45) is 4.99 Å². The summed E-state index contributed by atoms with van der Waals surface area (Å²) in [6.45, 7) is 2.23. The zero-order chi connectivity index (χ0) is 17.8. The van der Waals surface area contributed by atoms with E-state index in [9.17, 15) is 0 Å². The maximum absolute atomic E-state index is 5.04. The Morgan fingerprint density at radius 1 is 1.12 bits per heavy atom. The van der Waals surface area contributed by atoms with Gasteiger partial charge in [0.2, 0.25) is 0 Å². The van der Waals surface area contributed by atoms with E-state index in [1.165, 1.54) is 10.6 Å². The second kappa shape index (κ2) is 7.92. The van der Waals surface area contributed by atoms with E-state index in [0.29, 0.717) is 5.37 Å². The zero-order valence-corrected chi connectivity index (χ0v) is 15.8. The molecule has 0 fully saturated rings. The van der Waals surface area contributed by atoms with E-state index in [2.05, 4.69) is 71.4 Å². The molecule has 0 N–H and O–H groups in total. The molecule has 132 valence electrons. The van der Waals surface area contributed by atoms with Crippen molar-refractivity contribution in [3.8, 4) is 0 Å². The van der Waals surface area contributed by atoms with Crippen molar-refractivity contribution in [1.29, 1.82) is 0 Å². The number of thioether (sulfide) groups is 1. The highest BCUT2D eigenvalue weighted by Crippen LogP contribution is 2.40. The highest BCUT2D eigenvalue weighted by molar-refractivity contribution is 7.99. The minimum Gasteiger partial charge on any atom is -0.318 e. The van der Waals surface area contributed by atoms with Gasteiger partial charge in [-0.3, -0.25) is 9.98 Å². The summed E-state index contributed by atoms with van der Waals surface area (Å²) in [5, 5.41) is 0.319. The summed E-state index contributed by atoms with van der Waals surface area (Å²) in [4.78, 5) is 13.3. The van der Waals surface area contributed by atoms with Crippen molar-refractivity contribution in [3.63, 3.8) is 0 Å². The van der Waals surface area contributed by atoms with Crippen LogP contribution in [0, 0.1) is 0 Å². The number of rotatable bonds is 5. The molecule has 2 aromatic rings. The molecule has 4 heteroatoms. The van der Waals surface area contributed by atoms with E-state index in [1.807, 2.05) is 30.1 Å². The van der Waals surface area contributed by atoms with Gasteiger partial charge in [0, 0.05) is 23.2 Å². The van der Waals surface area contributed by atoms with Crippen molar-refractivity contribution in [2.45, 2.75) is 42.5 Å². The lowest BCUT2D eigenvalue weighted by Crippen LogP contribution is -2.42. The Labute approximate surface area is 159 Å². The first-order valence-corrected chi connectivity index (χ1v) is 10.1. The van der Waals surface area contributed by atoms with Gasteiger partial charge >= 0.3 is 0 Å². The first-order chi connectivity index (χ1) is 12.8. The summed E-state index contributed by atoms with van der Waals surface area (Å²) in [5.41, 5.74) is 2.42. The summed E-state index contributed by atoms with van der Waals surface area (Å²) in [6, 6.07) is 16.9. The zero-order valence-electron chi connectivity index (χ0n) is 15.0. The van der Waals surface area contributed by atoms with E-state index < -0.39 is 0 Å². The first-order valence-electron chi connectivity index (χ1n) is 9.22. The molecular formula is C22H23N3S. The quantitative estimate of drug-likeness (QED) is 0.694. The number of aromatic nitrogens is 1. The molecule has 0 saturated carbocycles. The largest absolute Gasteiger partial charge is 0.318 e. The van der Waals surface area contributed by atoms with Crippen LogP contribution < -0.4 is 0 Å². The Bertz CT molecular complexity index is 827. The van der Waals surface area contributed by atoms with Crippen molar-refractivity contribution in [1.82, 2.24) is 9.88 Å². The van der Waals surface area contributed by atoms with Gasteiger partial charge in [-0.15, -0.1) is 11.8 Å². The molecule has 3 nitrogen and oxygen atoms in total. The number of amidine groups is 1. The monoisotopic (exact) mass is 361 g/mol. The van der Waals surface area contributed by atoms with E-state index in [0.717, 1.165) is 30.8 Å². The van der Waals surface area contributed by atoms with Crippen LogP contribution in [-0.2, 0) is 0 Å². The molecule has 2 unspecified atom stereocenters. The average molecular weight is 362 g/mol. The molecule has 0 radical (unpaired) electrons. The first kappa shape index (κ1) is 17.1. The minimum absolute atomic E-state index is 0.106. The minimum atomic E-state index is 0.106. The predicted molar refractivity (Wildman–Crippen MR) is 109 cm³/mol. The fourth-order valence-corrected chi connectivity index (χ4v) is 4.73. The molecule has 0 saturated heterocycles. The van der Waals surface area contributed by atoms with Gasteiger partial charge in [-0.25, -0.2) is 0 Å². The number of allylic oxidation sites excluding steroid dienone is 3. The van der Waals surface area contributed by atoms with Gasteiger partial charge in [-0.05, 0) is 42.8 Å². The molecule has 3 heterocycles. The van der Waals surface area contributed by atoms with Crippen LogP contribution in [0.5, 0.6) is 0 Å². The fourth-order valence-electron chi connectivity index (χ4n) is 3.48. The molecule has 2 aliphatic rings. The summed E-state index contributed by atoms with van der Waals surface area (Å²) >= 11 is 1.92. The van der Waals surface area contributed by atoms with Gasteiger partial charge in [0.25, 0.3) is 0 Å². The normalized spacial score (nSPS) is 21.8. The number of hydrogen-bond acceptors (Lipinski definition) is 4. The molecule has 1 aromatic carbocycles. The second-order valence-electron chi connectivity index (χ2n) is 6.52. The van der Waals surface area contributed by atoms with Gasteiger partial charge < -0.3 is 4.90 Å². The number of nitrogens with zero attached hydrogens (tertiary/aromatic N) is 3. The summed E-state index contributed by atoms with van der Waals surface area (Å²) < 4.78 is 0. The summed E-state index contributed by atoms with van der Waals surface area (Å²) in [6.07, 6.45) is 11.5. The van der Waals surface area contributed by atoms with Crippen LogP contribution in [0.15, 0.2) is 88.5 Å². The van der Waals surface area contributed by atoms with Crippen LogP contribution in [-0.4, -0.2) is 21.1 Å². The Kier molecular flexibility index (Phi) is 5.21. The molecule has 0 amide bonds. The molecule has 0 aliphatic carbocycles. The molecule has 2 aliphatic heterocycles.